The van der Waals surface area contributed by atoms with Crippen molar-refractivity contribution < 1.29 is 19.8 Å². The molecule has 0 amide bonds. The Morgan fingerprint density at radius 1 is 1.36 bits per heavy atom. The average Bonchev–Trinajstić information content (AvgIpc) is 1.80. The molecule has 2 N–H and O–H groups in total. The van der Waals surface area contributed by atoms with Crippen molar-refractivity contribution in [1.82, 2.24) is 0 Å². The van der Waals surface area contributed by atoms with Crippen molar-refractivity contribution in [3.63, 3.8) is 0 Å². The van der Waals surface area contributed by atoms with Crippen molar-refractivity contribution in [2.75, 3.05) is 34.4 Å². The second-order valence-corrected chi connectivity index (χ2v) is 3.31. The third-order valence-corrected chi connectivity index (χ3v) is 1.54. The number of aliphatic hydroxyl groups is 1. The molecule has 0 spiro atoms. The maximum atomic E-state index is 8.45. The molecule has 0 fully saturated rings. The van der Waals surface area contributed by atoms with E-state index in [9.17, 15) is 0 Å². The molecule has 4 heteroatoms. The van der Waals surface area contributed by atoms with Gasteiger partial charge in [0.15, 0.2) is 6.23 Å². The minimum absolute atomic E-state index is 0. The molecule has 0 aromatic carbocycles. The number of rotatable bonds is 4. The van der Waals surface area contributed by atoms with Crippen molar-refractivity contribution >= 4 is 0 Å². The van der Waals surface area contributed by atoms with Gasteiger partial charge in [-0.05, 0) is 0 Å². The molecule has 0 aliphatic rings. The van der Waals surface area contributed by atoms with Crippen LogP contribution in [0.5, 0.6) is 0 Å². The Labute approximate surface area is 68.3 Å². The first-order valence-electron chi connectivity index (χ1n) is 3.52. The Morgan fingerprint density at radius 2 is 1.82 bits per heavy atom. The van der Waals surface area contributed by atoms with Gasteiger partial charge in [-0.1, -0.05) is 0 Å². The van der Waals surface area contributed by atoms with Crippen LogP contribution in [0.4, 0.5) is 0 Å². The Hall–Kier alpha value is -0.160. The summed E-state index contributed by atoms with van der Waals surface area (Å²) in [6.07, 6.45) is 0.146. The van der Waals surface area contributed by atoms with Crippen LogP contribution in [-0.2, 0) is 4.74 Å². The monoisotopic (exact) mass is 165 g/mol. The first kappa shape index (κ1) is 13.4. The molecule has 0 bridgehead atoms. The molecule has 70 valence electrons. The van der Waals surface area contributed by atoms with Gasteiger partial charge in [-0.25, -0.2) is 0 Å². The van der Waals surface area contributed by atoms with Crippen LogP contribution in [0.25, 0.3) is 0 Å². The fraction of sp³-hybridized carbons (Fsp3) is 1.00. The number of hydrogen-bond donors (Lipinski definition) is 1. The lowest BCUT2D eigenvalue weighted by atomic mass is 10.5. The summed E-state index contributed by atoms with van der Waals surface area (Å²) in [6, 6.07) is 0. The van der Waals surface area contributed by atoms with Crippen molar-refractivity contribution in [2.45, 2.75) is 13.2 Å². The molecule has 11 heavy (non-hydrogen) atoms. The summed E-state index contributed by atoms with van der Waals surface area (Å²) in [6.45, 7) is 2.52. The molecule has 0 radical (unpaired) electrons. The SMILES string of the molecule is CC(OCCO)[N+](C)(C)C.[OH-]. The zero-order valence-electron chi connectivity index (χ0n) is 7.74. The fourth-order valence-electron chi connectivity index (χ4n) is 0.447. The Bertz CT molecular complexity index is 90.2. The van der Waals surface area contributed by atoms with Gasteiger partial charge in [0.2, 0.25) is 0 Å². The number of quaternary nitrogens is 1. The zero-order chi connectivity index (χ0) is 8.20. The minimum atomic E-state index is 0. The summed E-state index contributed by atoms with van der Waals surface area (Å²) in [7, 11) is 6.17. The molecule has 0 heterocycles. The van der Waals surface area contributed by atoms with Gasteiger partial charge in [-0.3, -0.25) is 0 Å². The highest BCUT2D eigenvalue weighted by molar-refractivity contribution is 4.30. The van der Waals surface area contributed by atoms with E-state index in [4.69, 9.17) is 9.84 Å². The smallest absolute Gasteiger partial charge is 0.189 e. The molecule has 0 aromatic rings. The highest BCUT2D eigenvalue weighted by Crippen LogP contribution is 2.02. The van der Waals surface area contributed by atoms with E-state index in [1.165, 1.54) is 0 Å². The van der Waals surface area contributed by atoms with Crippen LogP contribution in [0.15, 0.2) is 0 Å². The summed E-state index contributed by atoms with van der Waals surface area (Å²) in [5.41, 5.74) is 0. The number of nitrogens with zero attached hydrogens (tertiary/aromatic N) is 1. The van der Waals surface area contributed by atoms with E-state index < -0.39 is 0 Å². The Kier molecular flexibility index (Phi) is 6.70. The van der Waals surface area contributed by atoms with Crippen molar-refractivity contribution in [2.24, 2.45) is 0 Å². The Balaban J connectivity index is 0. The fourth-order valence-corrected chi connectivity index (χ4v) is 0.447. The largest absolute Gasteiger partial charge is 0.870 e. The number of hydrogen-bond acceptors (Lipinski definition) is 3. The molecule has 0 rings (SSSR count). The van der Waals surface area contributed by atoms with Gasteiger partial charge in [0.1, 0.15) is 0 Å². The molecule has 1 unspecified atom stereocenters. The van der Waals surface area contributed by atoms with Crippen LogP contribution in [0, 0.1) is 0 Å². The van der Waals surface area contributed by atoms with Crippen molar-refractivity contribution in [1.29, 1.82) is 0 Å². The first-order chi connectivity index (χ1) is 4.48. The molecule has 0 aliphatic heterocycles. The highest BCUT2D eigenvalue weighted by atomic mass is 16.5. The van der Waals surface area contributed by atoms with E-state index in [2.05, 4.69) is 21.1 Å². The van der Waals surface area contributed by atoms with Crippen LogP contribution in [-0.4, -0.2) is 55.7 Å². The molecule has 1 atom stereocenters. The van der Waals surface area contributed by atoms with E-state index >= 15 is 0 Å². The summed E-state index contributed by atoms with van der Waals surface area (Å²) >= 11 is 0. The van der Waals surface area contributed by atoms with Crippen LogP contribution < -0.4 is 0 Å². The maximum Gasteiger partial charge on any atom is 0.189 e. The summed E-state index contributed by atoms with van der Waals surface area (Å²) < 4.78 is 6.04. The van der Waals surface area contributed by atoms with E-state index in [-0.39, 0.29) is 18.3 Å². The predicted octanol–water partition coefficient (Wildman–Crippen LogP) is -0.129. The molecule has 0 aromatic heterocycles. The quantitative estimate of drug-likeness (QED) is 0.466. The normalized spacial score (nSPS) is 13.9. The van der Waals surface area contributed by atoms with Gasteiger partial charge in [0.05, 0.1) is 34.4 Å². The topological polar surface area (TPSA) is 59.5 Å². The average molecular weight is 165 g/mol. The van der Waals surface area contributed by atoms with Gasteiger partial charge in [-0.2, -0.15) is 0 Å². The van der Waals surface area contributed by atoms with Gasteiger partial charge in [-0.15, -0.1) is 0 Å². The van der Waals surface area contributed by atoms with E-state index in [1.54, 1.807) is 0 Å². The highest BCUT2D eigenvalue weighted by Gasteiger charge is 2.17. The molecule has 0 saturated carbocycles. The second-order valence-electron chi connectivity index (χ2n) is 3.31. The maximum absolute atomic E-state index is 8.45. The van der Waals surface area contributed by atoms with Crippen molar-refractivity contribution in [3.8, 4) is 0 Å². The standard InChI is InChI=1S/C7H18NO2.H2O/c1-7(8(2,3)4)10-6-5-9;/h7,9H,5-6H2,1-4H3;1H2/q+1;/p-1. The van der Waals surface area contributed by atoms with Gasteiger partial charge in [0.25, 0.3) is 0 Å². The second kappa shape index (κ2) is 5.49. The molecular formula is C7H19NO3. The van der Waals surface area contributed by atoms with E-state index in [1.807, 2.05) is 6.92 Å². The molecule has 0 saturated heterocycles. The summed E-state index contributed by atoms with van der Waals surface area (Å²) in [5.74, 6) is 0. The number of ether oxygens (including phenoxy) is 1. The third kappa shape index (κ3) is 6.25. The molecule has 4 nitrogen and oxygen atoms in total. The molecule has 0 aliphatic carbocycles. The van der Waals surface area contributed by atoms with Gasteiger partial charge in [0, 0.05) is 6.92 Å². The Morgan fingerprint density at radius 3 is 2.09 bits per heavy atom. The van der Waals surface area contributed by atoms with E-state index in [0.29, 0.717) is 6.61 Å². The van der Waals surface area contributed by atoms with Crippen LogP contribution >= 0.6 is 0 Å². The summed E-state index contributed by atoms with van der Waals surface area (Å²) in [4.78, 5) is 0. The molecular weight excluding hydrogens is 146 g/mol. The lowest BCUT2D eigenvalue weighted by molar-refractivity contribution is -0.917. The minimum Gasteiger partial charge on any atom is -0.870 e. The number of aliphatic hydroxyl groups excluding tert-OH is 1. The van der Waals surface area contributed by atoms with Crippen molar-refractivity contribution in [3.05, 3.63) is 0 Å². The lowest BCUT2D eigenvalue weighted by Gasteiger charge is -2.30. The van der Waals surface area contributed by atoms with E-state index in [0.717, 1.165) is 4.48 Å². The van der Waals surface area contributed by atoms with Crippen LogP contribution in [0.3, 0.4) is 0 Å². The first-order valence-corrected chi connectivity index (χ1v) is 3.52. The third-order valence-electron chi connectivity index (χ3n) is 1.54. The zero-order valence-corrected chi connectivity index (χ0v) is 7.74. The van der Waals surface area contributed by atoms with Crippen LogP contribution in [0.1, 0.15) is 6.92 Å². The van der Waals surface area contributed by atoms with Crippen LogP contribution in [0.2, 0.25) is 0 Å². The van der Waals surface area contributed by atoms with Gasteiger partial charge < -0.3 is 19.8 Å². The lowest BCUT2D eigenvalue weighted by Crippen LogP contribution is -2.45. The van der Waals surface area contributed by atoms with Gasteiger partial charge >= 0.3 is 0 Å². The summed E-state index contributed by atoms with van der Waals surface area (Å²) in [5, 5.41) is 8.45. The predicted molar refractivity (Wildman–Crippen MR) is 42.5 cm³/mol.